The molecule has 126 valence electrons. The minimum Gasteiger partial charge on any atom is -0.460 e. The zero-order valence-electron chi connectivity index (χ0n) is 14.3. The molecule has 0 bridgehead atoms. The van der Waals surface area contributed by atoms with Gasteiger partial charge in [-0.3, -0.25) is 4.90 Å². The second-order valence-electron chi connectivity index (χ2n) is 6.91. The van der Waals surface area contributed by atoms with Crippen LogP contribution in [0.15, 0.2) is 36.7 Å². The van der Waals surface area contributed by atoms with Gasteiger partial charge in [-0.2, -0.15) is 0 Å². The topological polar surface area (TPSA) is 38.2 Å². The van der Waals surface area contributed by atoms with Gasteiger partial charge in [0.05, 0.1) is 0 Å². The molecular weight excluding hydrogens is 298 g/mol. The number of nitrogens with zero attached hydrogens (tertiary/aromatic N) is 3. The highest BCUT2D eigenvalue weighted by molar-refractivity contribution is 5.33. The van der Waals surface area contributed by atoms with Gasteiger partial charge in [-0.05, 0) is 48.8 Å². The number of aromatic nitrogens is 2. The third kappa shape index (κ3) is 3.29. The van der Waals surface area contributed by atoms with Crippen LogP contribution in [0.1, 0.15) is 36.5 Å². The van der Waals surface area contributed by atoms with Gasteiger partial charge in [-0.1, -0.05) is 31.2 Å². The lowest BCUT2D eigenvalue weighted by atomic mass is 10.0. The fourth-order valence-corrected chi connectivity index (χ4v) is 3.89. The smallest absolute Gasteiger partial charge is 0.316 e. The van der Waals surface area contributed by atoms with Crippen LogP contribution >= 0.6 is 0 Å². The first-order chi connectivity index (χ1) is 11.8. The zero-order valence-corrected chi connectivity index (χ0v) is 14.3. The summed E-state index contributed by atoms with van der Waals surface area (Å²) in [6, 6.07) is 10.1. The van der Waals surface area contributed by atoms with Crippen molar-refractivity contribution in [1.82, 2.24) is 14.9 Å². The SMILES string of the molecule is CCc1cnc(OC2CCN(C3Cc4ccccc4C3)CC2)nc1. The van der Waals surface area contributed by atoms with Gasteiger partial charge in [0, 0.05) is 31.5 Å². The van der Waals surface area contributed by atoms with E-state index in [1.54, 1.807) is 0 Å². The van der Waals surface area contributed by atoms with Gasteiger partial charge in [0.2, 0.25) is 0 Å². The molecule has 0 unspecified atom stereocenters. The first kappa shape index (κ1) is 15.6. The second kappa shape index (κ2) is 6.89. The lowest BCUT2D eigenvalue weighted by Gasteiger charge is -2.35. The van der Waals surface area contributed by atoms with Crippen LogP contribution in [0.5, 0.6) is 6.01 Å². The summed E-state index contributed by atoms with van der Waals surface area (Å²) in [6.07, 6.45) is 9.46. The number of piperidine rings is 1. The number of benzene rings is 1. The van der Waals surface area contributed by atoms with Crippen molar-refractivity contribution in [2.24, 2.45) is 0 Å². The van der Waals surface area contributed by atoms with Crippen LogP contribution in [0.2, 0.25) is 0 Å². The third-order valence-electron chi connectivity index (χ3n) is 5.38. The van der Waals surface area contributed by atoms with Crippen LogP contribution in [0.4, 0.5) is 0 Å². The Labute approximate surface area is 143 Å². The quantitative estimate of drug-likeness (QED) is 0.867. The molecule has 0 saturated carbocycles. The Hall–Kier alpha value is -1.94. The fourth-order valence-electron chi connectivity index (χ4n) is 3.89. The molecule has 1 fully saturated rings. The van der Waals surface area contributed by atoms with E-state index in [1.807, 2.05) is 12.4 Å². The zero-order chi connectivity index (χ0) is 16.4. The van der Waals surface area contributed by atoms with E-state index in [1.165, 1.54) is 24.0 Å². The van der Waals surface area contributed by atoms with Crippen molar-refractivity contribution < 1.29 is 4.74 Å². The maximum Gasteiger partial charge on any atom is 0.316 e. The molecule has 0 amide bonds. The molecule has 4 nitrogen and oxygen atoms in total. The lowest BCUT2D eigenvalue weighted by Crippen LogP contribution is -2.44. The van der Waals surface area contributed by atoms with Crippen LogP contribution in [0.25, 0.3) is 0 Å². The molecule has 4 rings (SSSR count). The Bertz CT molecular complexity index is 653. The molecule has 2 aromatic rings. The molecule has 1 saturated heterocycles. The normalized spacial score (nSPS) is 19.4. The first-order valence-electron chi connectivity index (χ1n) is 9.10. The van der Waals surface area contributed by atoms with E-state index in [0.717, 1.165) is 37.9 Å². The summed E-state index contributed by atoms with van der Waals surface area (Å²) in [5.41, 5.74) is 4.22. The number of rotatable bonds is 4. The predicted molar refractivity (Wildman–Crippen MR) is 94.3 cm³/mol. The summed E-state index contributed by atoms with van der Waals surface area (Å²) < 4.78 is 5.98. The average molecular weight is 323 g/mol. The summed E-state index contributed by atoms with van der Waals surface area (Å²) in [5.74, 6) is 0. The van der Waals surface area contributed by atoms with Crippen LogP contribution < -0.4 is 4.74 Å². The number of hydrogen-bond acceptors (Lipinski definition) is 4. The van der Waals surface area contributed by atoms with Crippen LogP contribution in [-0.4, -0.2) is 40.1 Å². The second-order valence-corrected chi connectivity index (χ2v) is 6.91. The molecule has 0 N–H and O–H groups in total. The van der Waals surface area contributed by atoms with E-state index in [4.69, 9.17) is 4.74 Å². The highest BCUT2D eigenvalue weighted by atomic mass is 16.5. The van der Waals surface area contributed by atoms with Crippen molar-refractivity contribution in [1.29, 1.82) is 0 Å². The summed E-state index contributed by atoms with van der Waals surface area (Å²) in [7, 11) is 0. The van der Waals surface area contributed by atoms with Crippen molar-refractivity contribution in [2.75, 3.05) is 13.1 Å². The summed E-state index contributed by atoms with van der Waals surface area (Å²) in [5, 5.41) is 0. The van der Waals surface area contributed by atoms with E-state index in [9.17, 15) is 0 Å². The first-order valence-corrected chi connectivity index (χ1v) is 9.10. The van der Waals surface area contributed by atoms with Gasteiger partial charge >= 0.3 is 6.01 Å². The number of ether oxygens (including phenoxy) is 1. The monoisotopic (exact) mass is 323 g/mol. The number of likely N-dealkylation sites (tertiary alicyclic amines) is 1. The Morgan fingerprint density at radius 2 is 1.67 bits per heavy atom. The van der Waals surface area contributed by atoms with E-state index in [0.29, 0.717) is 12.1 Å². The molecule has 1 aromatic carbocycles. The van der Waals surface area contributed by atoms with Crippen molar-refractivity contribution in [3.63, 3.8) is 0 Å². The minimum absolute atomic E-state index is 0.248. The molecule has 0 radical (unpaired) electrons. The molecular formula is C20H25N3O. The maximum absolute atomic E-state index is 5.98. The molecule has 0 spiro atoms. The van der Waals surface area contributed by atoms with Gasteiger partial charge < -0.3 is 4.74 Å². The maximum atomic E-state index is 5.98. The van der Waals surface area contributed by atoms with E-state index in [-0.39, 0.29) is 6.10 Å². The molecule has 2 heterocycles. The number of hydrogen-bond donors (Lipinski definition) is 0. The number of fused-ring (bicyclic) bond motifs is 1. The average Bonchev–Trinajstić information content (AvgIpc) is 3.07. The third-order valence-corrected chi connectivity index (χ3v) is 5.38. The lowest BCUT2D eigenvalue weighted by molar-refractivity contribution is 0.0717. The van der Waals surface area contributed by atoms with E-state index in [2.05, 4.69) is 46.1 Å². The van der Waals surface area contributed by atoms with Crippen molar-refractivity contribution in [2.45, 2.75) is 51.2 Å². The Morgan fingerprint density at radius 1 is 1.04 bits per heavy atom. The summed E-state index contributed by atoms with van der Waals surface area (Å²) in [4.78, 5) is 11.3. The van der Waals surface area contributed by atoms with Crippen LogP contribution in [-0.2, 0) is 19.3 Å². The molecule has 24 heavy (non-hydrogen) atoms. The van der Waals surface area contributed by atoms with Crippen molar-refractivity contribution >= 4 is 0 Å². The molecule has 1 aliphatic heterocycles. The Morgan fingerprint density at radius 3 is 2.25 bits per heavy atom. The molecule has 4 heteroatoms. The molecule has 0 atom stereocenters. The highest BCUT2D eigenvalue weighted by Gasteiger charge is 2.30. The van der Waals surface area contributed by atoms with Gasteiger partial charge in [0.1, 0.15) is 6.10 Å². The van der Waals surface area contributed by atoms with Crippen LogP contribution in [0.3, 0.4) is 0 Å². The predicted octanol–water partition coefficient (Wildman–Crippen LogP) is 3.05. The van der Waals surface area contributed by atoms with Crippen molar-refractivity contribution in [3.05, 3.63) is 53.3 Å². The largest absolute Gasteiger partial charge is 0.460 e. The summed E-state index contributed by atoms with van der Waals surface area (Å²) >= 11 is 0. The van der Waals surface area contributed by atoms with Gasteiger partial charge in [0.25, 0.3) is 0 Å². The van der Waals surface area contributed by atoms with Crippen LogP contribution in [0, 0.1) is 0 Å². The number of aryl methyl sites for hydroxylation is 1. The molecule has 1 aromatic heterocycles. The minimum atomic E-state index is 0.248. The Balaban J connectivity index is 1.29. The van der Waals surface area contributed by atoms with E-state index < -0.39 is 0 Å². The Kier molecular flexibility index (Phi) is 4.48. The van der Waals surface area contributed by atoms with E-state index >= 15 is 0 Å². The van der Waals surface area contributed by atoms with Gasteiger partial charge in [-0.15, -0.1) is 0 Å². The summed E-state index contributed by atoms with van der Waals surface area (Å²) in [6.45, 7) is 4.32. The van der Waals surface area contributed by atoms with Crippen molar-refractivity contribution in [3.8, 4) is 6.01 Å². The standard InChI is InChI=1S/C20H25N3O/c1-2-15-13-21-20(22-14-15)24-19-7-9-23(10-8-19)18-11-16-5-3-4-6-17(16)12-18/h3-6,13-14,18-19H,2,7-12H2,1H3. The molecule has 1 aliphatic carbocycles. The fraction of sp³-hybridized carbons (Fsp3) is 0.500. The highest BCUT2D eigenvalue weighted by Crippen LogP contribution is 2.28. The molecule has 2 aliphatic rings. The van der Waals surface area contributed by atoms with Gasteiger partial charge in [-0.25, -0.2) is 9.97 Å². The van der Waals surface area contributed by atoms with Gasteiger partial charge in [0.15, 0.2) is 0 Å².